The number of piperidine rings is 1. The maximum Gasteiger partial charge on any atom is 0.216 e. The average molecular weight is 343 g/mol. The Morgan fingerprint density at radius 2 is 2.17 bits per heavy atom. The van der Waals surface area contributed by atoms with E-state index in [1.165, 1.54) is 5.56 Å². The Hall–Kier alpha value is -0.920. The van der Waals surface area contributed by atoms with Crippen molar-refractivity contribution in [3.63, 3.8) is 0 Å². The number of aromatic nitrogens is 2. The van der Waals surface area contributed by atoms with E-state index in [1.54, 1.807) is 18.2 Å². The fourth-order valence-electron chi connectivity index (χ4n) is 3.04. The molecule has 0 aliphatic carbocycles. The summed E-state index contributed by atoms with van der Waals surface area (Å²) in [6.45, 7) is 10.7. The highest BCUT2D eigenvalue weighted by atomic mass is 32.2. The molecule has 2 rings (SSSR count). The molecule has 0 aromatic carbocycles. The van der Waals surface area contributed by atoms with Crippen LogP contribution in [0.4, 0.5) is 0 Å². The van der Waals surface area contributed by atoms with Crippen LogP contribution < -0.4 is 5.32 Å². The first-order chi connectivity index (χ1) is 10.8. The van der Waals surface area contributed by atoms with Crippen molar-refractivity contribution in [2.45, 2.75) is 64.9 Å². The first-order valence-electron chi connectivity index (χ1n) is 8.58. The summed E-state index contributed by atoms with van der Waals surface area (Å²) in [5, 5.41) is 7.57. The Bertz CT molecular complexity index is 597. The number of nitrogens with one attached hydrogen (secondary N) is 1. The van der Waals surface area contributed by atoms with Crippen LogP contribution in [-0.2, 0) is 23.1 Å². The monoisotopic (exact) mass is 342 g/mol. The summed E-state index contributed by atoms with van der Waals surface area (Å²) in [4.78, 5) is 0. The van der Waals surface area contributed by atoms with Crippen LogP contribution in [-0.4, -0.2) is 46.9 Å². The van der Waals surface area contributed by atoms with Gasteiger partial charge in [0.25, 0.3) is 0 Å². The number of hydrogen-bond donors (Lipinski definition) is 1. The maximum atomic E-state index is 12.3. The Labute approximate surface area is 140 Å². The van der Waals surface area contributed by atoms with Crippen molar-refractivity contribution < 1.29 is 8.42 Å². The molecule has 132 valence electrons. The third kappa shape index (κ3) is 4.55. The van der Waals surface area contributed by atoms with Gasteiger partial charge in [0, 0.05) is 44.0 Å². The number of rotatable bonds is 7. The predicted molar refractivity (Wildman–Crippen MR) is 92.6 cm³/mol. The van der Waals surface area contributed by atoms with Crippen molar-refractivity contribution in [2.24, 2.45) is 5.92 Å². The molecule has 1 saturated heterocycles. The van der Waals surface area contributed by atoms with Gasteiger partial charge >= 0.3 is 0 Å². The zero-order valence-corrected chi connectivity index (χ0v) is 15.5. The molecule has 0 bridgehead atoms. The fourth-order valence-corrected chi connectivity index (χ4v) is 4.44. The average Bonchev–Trinajstić information content (AvgIpc) is 2.93. The number of sulfonamides is 1. The van der Waals surface area contributed by atoms with Gasteiger partial charge in [0.2, 0.25) is 10.0 Å². The zero-order chi connectivity index (χ0) is 17.0. The summed E-state index contributed by atoms with van der Waals surface area (Å²) in [5.74, 6) is 0.308. The molecule has 1 aromatic heterocycles. The second-order valence-corrected chi connectivity index (χ2v) is 9.31. The van der Waals surface area contributed by atoms with Gasteiger partial charge in [-0.15, -0.1) is 0 Å². The molecular formula is C16H30N4O2S. The Morgan fingerprint density at radius 3 is 2.78 bits per heavy atom. The van der Waals surface area contributed by atoms with Crippen molar-refractivity contribution >= 4 is 10.0 Å². The minimum absolute atomic E-state index is 0.308. The van der Waals surface area contributed by atoms with Crippen molar-refractivity contribution in [3.05, 3.63) is 18.0 Å². The molecular weight excluding hydrogens is 312 g/mol. The van der Waals surface area contributed by atoms with E-state index >= 15 is 0 Å². The van der Waals surface area contributed by atoms with E-state index in [-0.39, 0.29) is 5.25 Å². The van der Waals surface area contributed by atoms with Gasteiger partial charge in [0.15, 0.2) is 0 Å². The molecule has 1 aliphatic heterocycles. The van der Waals surface area contributed by atoms with Gasteiger partial charge in [-0.3, -0.25) is 4.68 Å². The number of hydrogen-bond acceptors (Lipinski definition) is 4. The van der Waals surface area contributed by atoms with Crippen molar-refractivity contribution in [1.29, 1.82) is 0 Å². The van der Waals surface area contributed by atoms with Gasteiger partial charge in [-0.05, 0) is 32.6 Å². The Balaban J connectivity index is 1.86. The minimum atomic E-state index is -3.13. The molecule has 0 amide bonds. The van der Waals surface area contributed by atoms with E-state index in [2.05, 4.69) is 30.5 Å². The summed E-state index contributed by atoms with van der Waals surface area (Å²) < 4.78 is 28.2. The van der Waals surface area contributed by atoms with E-state index < -0.39 is 10.0 Å². The zero-order valence-electron chi connectivity index (χ0n) is 14.7. The number of aryl methyl sites for hydroxylation is 1. The molecule has 1 aliphatic rings. The van der Waals surface area contributed by atoms with Crippen molar-refractivity contribution in [3.8, 4) is 0 Å². The summed E-state index contributed by atoms with van der Waals surface area (Å²) in [6, 6.07) is 0.350. The van der Waals surface area contributed by atoms with E-state index in [0.29, 0.717) is 25.0 Å². The van der Waals surface area contributed by atoms with Crippen molar-refractivity contribution in [1.82, 2.24) is 19.4 Å². The second kappa shape index (κ2) is 7.77. The largest absolute Gasteiger partial charge is 0.309 e. The molecule has 7 heteroatoms. The lowest BCUT2D eigenvalue weighted by atomic mass is 9.95. The Morgan fingerprint density at radius 1 is 1.43 bits per heavy atom. The van der Waals surface area contributed by atoms with Gasteiger partial charge < -0.3 is 5.32 Å². The van der Waals surface area contributed by atoms with Crippen molar-refractivity contribution in [2.75, 3.05) is 13.1 Å². The van der Waals surface area contributed by atoms with Crippen LogP contribution in [0.1, 0.15) is 46.1 Å². The third-order valence-electron chi connectivity index (χ3n) is 4.53. The molecule has 1 fully saturated rings. The molecule has 0 radical (unpaired) electrons. The van der Waals surface area contributed by atoms with Gasteiger partial charge in [0.1, 0.15) is 0 Å². The molecule has 6 nitrogen and oxygen atoms in total. The summed E-state index contributed by atoms with van der Waals surface area (Å²) in [5.41, 5.74) is 1.18. The highest BCUT2D eigenvalue weighted by molar-refractivity contribution is 7.89. The standard InChI is InChI=1S/C16H30N4O2S/c1-5-7-19-12-15(10-18-19)9-17-16-6-8-20(11-14(16)4)23(21,22)13(2)3/h10,12-14,16-17H,5-9,11H2,1-4H3/t14-,16-/m1/s1. The minimum Gasteiger partial charge on any atom is -0.309 e. The first-order valence-corrected chi connectivity index (χ1v) is 10.1. The lowest BCUT2D eigenvalue weighted by Crippen LogP contribution is -2.51. The normalized spacial score (nSPS) is 23.5. The summed E-state index contributed by atoms with van der Waals surface area (Å²) >= 11 is 0. The quantitative estimate of drug-likeness (QED) is 0.821. The van der Waals surface area contributed by atoms with Crippen LogP contribution in [0, 0.1) is 5.92 Å². The van der Waals surface area contributed by atoms with E-state index in [0.717, 1.165) is 25.9 Å². The summed E-state index contributed by atoms with van der Waals surface area (Å²) in [7, 11) is -3.13. The van der Waals surface area contributed by atoms with E-state index in [4.69, 9.17) is 0 Å². The highest BCUT2D eigenvalue weighted by Gasteiger charge is 2.33. The molecule has 2 heterocycles. The molecule has 0 saturated carbocycles. The predicted octanol–water partition coefficient (Wildman–Crippen LogP) is 1.83. The molecule has 0 unspecified atom stereocenters. The van der Waals surface area contributed by atoms with E-state index in [1.807, 2.05) is 10.9 Å². The van der Waals surface area contributed by atoms with Gasteiger partial charge in [0.05, 0.1) is 11.4 Å². The number of nitrogens with zero attached hydrogens (tertiary/aromatic N) is 3. The van der Waals surface area contributed by atoms with Crippen LogP contribution >= 0.6 is 0 Å². The van der Waals surface area contributed by atoms with Crippen LogP contribution in [0.5, 0.6) is 0 Å². The van der Waals surface area contributed by atoms with Crippen LogP contribution in [0.3, 0.4) is 0 Å². The second-order valence-electron chi connectivity index (χ2n) is 6.82. The van der Waals surface area contributed by atoms with Gasteiger partial charge in [-0.2, -0.15) is 5.10 Å². The molecule has 2 atom stereocenters. The Kier molecular flexibility index (Phi) is 6.22. The maximum absolute atomic E-state index is 12.3. The molecule has 1 N–H and O–H groups in total. The molecule has 23 heavy (non-hydrogen) atoms. The van der Waals surface area contributed by atoms with Gasteiger partial charge in [-0.25, -0.2) is 12.7 Å². The van der Waals surface area contributed by atoms with Crippen LogP contribution in [0.2, 0.25) is 0 Å². The van der Waals surface area contributed by atoms with Crippen LogP contribution in [0.15, 0.2) is 12.4 Å². The topological polar surface area (TPSA) is 67.2 Å². The third-order valence-corrected chi connectivity index (χ3v) is 6.77. The lowest BCUT2D eigenvalue weighted by molar-refractivity contribution is 0.218. The first kappa shape index (κ1) is 18.4. The van der Waals surface area contributed by atoms with Gasteiger partial charge in [-0.1, -0.05) is 13.8 Å². The SMILES string of the molecule is CCCn1cc(CN[C@@H]2CCN(S(=O)(=O)C(C)C)C[C@H]2C)cn1. The molecule has 1 aromatic rings. The van der Waals surface area contributed by atoms with Crippen LogP contribution in [0.25, 0.3) is 0 Å². The highest BCUT2D eigenvalue weighted by Crippen LogP contribution is 2.22. The summed E-state index contributed by atoms with van der Waals surface area (Å²) in [6.07, 6.45) is 5.93. The van der Waals surface area contributed by atoms with E-state index in [9.17, 15) is 8.42 Å². The fraction of sp³-hybridized carbons (Fsp3) is 0.812. The lowest BCUT2D eigenvalue weighted by Gasteiger charge is -2.37. The molecule has 0 spiro atoms. The smallest absolute Gasteiger partial charge is 0.216 e.